The highest BCUT2D eigenvalue weighted by molar-refractivity contribution is 5.53. The fourth-order valence-electron chi connectivity index (χ4n) is 3.07. The smallest absolute Gasteiger partial charge is 0.123 e. The predicted molar refractivity (Wildman–Crippen MR) is 104 cm³/mol. The molecule has 2 rings (SSSR count). The van der Waals surface area contributed by atoms with Crippen LogP contribution in [-0.2, 0) is 10.8 Å². The fourth-order valence-corrected chi connectivity index (χ4v) is 3.07. The molecule has 0 aliphatic carbocycles. The van der Waals surface area contributed by atoms with E-state index in [1.807, 2.05) is 43.3 Å². The first-order valence-corrected chi connectivity index (χ1v) is 8.79. The van der Waals surface area contributed by atoms with Gasteiger partial charge >= 0.3 is 0 Å². The highest BCUT2D eigenvalue weighted by Gasteiger charge is 2.28. The van der Waals surface area contributed by atoms with Gasteiger partial charge in [0.15, 0.2) is 0 Å². The average molecular weight is 335 g/mol. The molecular formula is C23H29NO. The number of phenols is 1. The van der Waals surface area contributed by atoms with Gasteiger partial charge in [0.25, 0.3) is 0 Å². The van der Waals surface area contributed by atoms with Crippen molar-refractivity contribution >= 4 is 0 Å². The standard InChI is InChI=1S/C23H29NO/c1-15-8-10-16(11-9-15)18(14-24)17-12-19(22(2,3)4)21(25)20(13-17)23(5,6)7/h8-13,18,25H,1-7H3. The van der Waals surface area contributed by atoms with Gasteiger partial charge in [-0.1, -0.05) is 71.4 Å². The van der Waals surface area contributed by atoms with Crippen molar-refractivity contribution < 1.29 is 5.11 Å². The lowest BCUT2D eigenvalue weighted by Crippen LogP contribution is -2.18. The summed E-state index contributed by atoms with van der Waals surface area (Å²) >= 11 is 0. The van der Waals surface area contributed by atoms with Crippen molar-refractivity contribution in [3.8, 4) is 11.8 Å². The normalized spacial score (nSPS) is 13.4. The first-order valence-electron chi connectivity index (χ1n) is 8.79. The van der Waals surface area contributed by atoms with Crippen LogP contribution in [0.3, 0.4) is 0 Å². The van der Waals surface area contributed by atoms with E-state index in [4.69, 9.17) is 0 Å². The summed E-state index contributed by atoms with van der Waals surface area (Å²) in [5.74, 6) is 0.00717. The Morgan fingerprint density at radius 2 is 1.28 bits per heavy atom. The second kappa shape index (κ2) is 6.56. The van der Waals surface area contributed by atoms with Gasteiger partial charge in [-0.25, -0.2) is 0 Å². The molecule has 1 N–H and O–H groups in total. The maximum absolute atomic E-state index is 10.9. The monoisotopic (exact) mass is 335 g/mol. The van der Waals surface area contributed by atoms with Crippen LogP contribution in [0.5, 0.6) is 5.75 Å². The molecule has 0 saturated heterocycles. The van der Waals surface area contributed by atoms with Crippen LogP contribution < -0.4 is 0 Å². The van der Waals surface area contributed by atoms with Gasteiger partial charge in [0, 0.05) is 0 Å². The molecule has 0 radical (unpaired) electrons. The molecule has 132 valence electrons. The molecule has 0 aliphatic heterocycles. The molecule has 0 heterocycles. The van der Waals surface area contributed by atoms with Crippen molar-refractivity contribution in [2.24, 2.45) is 0 Å². The largest absolute Gasteiger partial charge is 0.507 e. The number of phenolic OH excluding ortho intramolecular Hbond substituents is 1. The zero-order valence-corrected chi connectivity index (χ0v) is 16.4. The van der Waals surface area contributed by atoms with Gasteiger partial charge in [-0.2, -0.15) is 5.26 Å². The van der Waals surface area contributed by atoms with Crippen LogP contribution in [0.1, 0.15) is 75.3 Å². The van der Waals surface area contributed by atoms with Crippen LogP contribution in [0.4, 0.5) is 0 Å². The molecule has 25 heavy (non-hydrogen) atoms. The number of rotatable bonds is 2. The van der Waals surface area contributed by atoms with E-state index >= 15 is 0 Å². The van der Waals surface area contributed by atoms with E-state index in [1.54, 1.807) is 0 Å². The van der Waals surface area contributed by atoms with Crippen LogP contribution >= 0.6 is 0 Å². The molecule has 2 nitrogen and oxygen atoms in total. The molecule has 0 fully saturated rings. The van der Waals surface area contributed by atoms with Crippen LogP contribution in [0.15, 0.2) is 36.4 Å². The van der Waals surface area contributed by atoms with Crippen LogP contribution in [0.2, 0.25) is 0 Å². The van der Waals surface area contributed by atoms with Gasteiger partial charge in [-0.3, -0.25) is 0 Å². The highest BCUT2D eigenvalue weighted by atomic mass is 16.3. The first-order chi connectivity index (χ1) is 11.4. The molecule has 2 aromatic carbocycles. The Morgan fingerprint density at radius 3 is 1.64 bits per heavy atom. The van der Waals surface area contributed by atoms with Gasteiger partial charge in [0.2, 0.25) is 0 Å². The summed E-state index contributed by atoms with van der Waals surface area (Å²) in [6, 6.07) is 14.6. The van der Waals surface area contributed by atoms with Crippen molar-refractivity contribution in [2.75, 3.05) is 0 Å². The SMILES string of the molecule is Cc1ccc(C(C#N)c2cc(C(C)(C)C)c(O)c(C(C)(C)C)c2)cc1. The minimum atomic E-state index is -0.344. The van der Waals surface area contributed by atoms with E-state index in [0.29, 0.717) is 5.75 Å². The summed E-state index contributed by atoms with van der Waals surface area (Å²) < 4.78 is 0. The number of hydrogen-bond acceptors (Lipinski definition) is 2. The van der Waals surface area contributed by atoms with Gasteiger partial charge in [-0.15, -0.1) is 0 Å². The van der Waals surface area contributed by atoms with E-state index < -0.39 is 0 Å². The van der Waals surface area contributed by atoms with Gasteiger partial charge in [0.1, 0.15) is 5.75 Å². The van der Waals surface area contributed by atoms with E-state index in [2.05, 4.69) is 47.6 Å². The van der Waals surface area contributed by atoms with E-state index in [-0.39, 0.29) is 16.7 Å². The minimum absolute atomic E-state index is 0.201. The second-order valence-electron chi connectivity index (χ2n) is 8.94. The van der Waals surface area contributed by atoms with Gasteiger partial charge < -0.3 is 5.11 Å². The number of benzene rings is 2. The molecule has 0 amide bonds. The average Bonchev–Trinajstić information content (AvgIpc) is 2.48. The quantitative estimate of drug-likeness (QED) is 0.737. The van der Waals surface area contributed by atoms with E-state index in [9.17, 15) is 10.4 Å². The Morgan fingerprint density at radius 1 is 0.840 bits per heavy atom. The topological polar surface area (TPSA) is 44.0 Å². The molecule has 2 aromatic rings. The van der Waals surface area contributed by atoms with Crippen molar-refractivity contribution in [2.45, 2.75) is 65.2 Å². The maximum Gasteiger partial charge on any atom is 0.123 e. The number of aromatic hydroxyl groups is 1. The Labute approximate surface area is 152 Å². The number of aryl methyl sites for hydroxylation is 1. The van der Waals surface area contributed by atoms with E-state index in [0.717, 1.165) is 22.3 Å². The summed E-state index contributed by atoms with van der Waals surface area (Å²) in [5, 5.41) is 20.7. The summed E-state index contributed by atoms with van der Waals surface area (Å²) in [6.45, 7) is 14.6. The molecular weight excluding hydrogens is 306 g/mol. The third kappa shape index (κ3) is 4.04. The van der Waals surface area contributed by atoms with Crippen molar-refractivity contribution in [1.82, 2.24) is 0 Å². The lowest BCUT2D eigenvalue weighted by molar-refractivity contribution is 0.422. The van der Waals surface area contributed by atoms with Gasteiger partial charge in [0.05, 0.1) is 12.0 Å². The molecule has 1 atom stereocenters. The third-order valence-corrected chi connectivity index (χ3v) is 4.62. The zero-order valence-electron chi connectivity index (χ0n) is 16.4. The summed E-state index contributed by atoms with van der Waals surface area (Å²) in [7, 11) is 0. The zero-order chi connectivity index (χ0) is 19.0. The predicted octanol–water partition coefficient (Wildman–Crippen LogP) is 5.95. The maximum atomic E-state index is 10.9. The van der Waals surface area contributed by atoms with Crippen molar-refractivity contribution in [1.29, 1.82) is 5.26 Å². The number of nitrogens with zero attached hydrogens (tertiary/aromatic N) is 1. The lowest BCUT2D eigenvalue weighted by atomic mass is 9.76. The Balaban J connectivity index is 2.71. The molecule has 0 saturated carbocycles. The first kappa shape index (κ1) is 19.1. The number of hydrogen-bond donors (Lipinski definition) is 1. The molecule has 2 heteroatoms. The fraction of sp³-hybridized carbons (Fsp3) is 0.435. The number of nitriles is 1. The Bertz CT molecular complexity index is 761. The van der Waals surface area contributed by atoms with Crippen molar-refractivity contribution in [3.05, 3.63) is 64.2 Å². The molecule has 1 unspecified atom stereocenters. The third-order valence-electron chi connectivity index (χ3n) is 4.62. The van der Waals surface area contributed by atoms with Crippen molar-refractivity contribution in [3.63, 3.8) is 0 Å². The molecule has 0 spiro atoms. The molecule has 0 aliphatic rings. The van der Waals surface area contributed by atoms with Crippen LogP contribution in [0.25, 0.3) is 0 Å². The minimum Gasteiger partial charge on any atom is -0.507 e. The Hall–Kier alpha value is -2.27. The lowest BCUT2D eigenvalue weighted by Gasteiger charge is -2.29. The molecule has 0 bridgehead atoms. The molecule has 0 aromatic heterocycles. The summed E-state index contributed by atoms with van der Waals surface area (Å²) in [4.78, 5) is 0. The Kier molecular flexibility index (Phi) is 5.00. The van der Waals surface area contributed by atoms with Crippen LogP contribution in [0, 0.1) is 18.3 Å². The van der Waals surface area contributed by atoms with Gasteiger partial charge in [-0.05, 0) is 52.1 Å². The summed E-state index contributed by atoms with van der Waals surface area (Å²) in [6.07, 6.45) is 0. The second-order valence-corrected chi connectivity index (χ2v) is 8.94. The highest BCUT2D eigenvalue weighted by Crippen LogP contribution is 2.41. The van der Waals surface area contributed by atoms with E-state index in [1.165, 1.54) is 5.56 Å². The van der Waals surface area contributed by atoms with Crippen LogP contribution in [-0.4, -0.2) is 5.11 Å². The summed E-state index contributed by atoms with van der Waals surface area (Å²) in [5.41, 5.74) is 4.49.